The molecule has 1 heterocycles. The number of aliphatic hydroxyl groups is 2. The van der Waals surface area contributed by atoms with Crippen molar-refractivity contribution in [2.24, 2.45) is 34.3 Å². The standard InChI is InChI=1S/C23H32FNO6.C3H8.CH3F/c1-20-5-4-11(27)6-14(20)15(24)7-12-13-8-18-23(17(29)10-26,31-22(3,25)30-18)21(13,2)9-16(28)19(12)20;1-3-2;1-2/h6,12-13,15-16,18-19,26,28H,4-5,7-10,25H2,1-3H3;3H2,1-2H3;1H3/t12?,13?,15-,16?,18+,19?,20-,21-,22-,23+;;/m0../s1. The van der Waals surface area contributed by atoms with Gasteiger partial charge in [0, 0.05) is 18.8 Å². The average molecular weight is 516 g/mol. The molecule has 10 atom stereocenters. The summed E-state index contributed by atoms with van der Waals surface area (Å²) >= 11 is 0. The molecule has 0 bridgehead atoms. The lowest BCUT2D eigenvalue weighted by Gasteiger charge is -2.61. The second kappa shape index (κ2) is 10.1. The number of carbonyl (C=O) groups is 2. The fourth-order valence-electron chi connectivity index (χ4n) is 8.28. The molecule has 0 amide bonds. The molecule has 4 fully saturated rings. The van der Waals surface area contributed by atoms with E-state index >= 15 is 4.39 Å². The lowest BCUT2D eigenvalue weighted by Crippen LogP contribution is -2.65. The smallest absolute Gasteiger partial charge is 0.223 e. The molecule has 0 spiro atoms. The molecule has 0 aromatic carbocycles. The highest BCUT2D eigenvalue weighted by atomic mass is 19.1. The van der Waals surface area contributed by atoms with E-state index in [1.54, 1.807) is 0 Å². The van der Waals surface area contributed by atoms with E-state index in [1.165, 1.54) is 19.4 Å². The monoisotopic (exact) mass is 515 g/mol. The molecule has 36 heavy (non-hydrogen) atoms. The van der Waals surface area contributed by atoms with E-state index in [-0.39, 0.29) is 36.4 Å². The zero-order chi connectivity index (χ0) is 27.3. The fourth-order valence-corrected chi connectivity index (χ4v) is 8.28. The van der Waals surface area contributed by atoms with E-state index in [4.69, 9.17) is 15.2 Å². The molecule has 1 aliphatic heterocycles. The van der Waals surface area contributed by atoms with Crippen molar-refractivity contribution in [3.8, 4) is 0 Å². The van der Waals surface area contributed by atoms with Crippen molar-refractivity contribution in [1.82, 2.24) is 0 Å². The van der Waals surface area contributed by atoms with Gasteiger partial charge in [-0.3, -0.25) is 19.7 Å². The molecule has 9 heteroatoms. The number of rotatable bonds is 2. The van der Waals surface area contributed by atoms with Gasteiger partial charge >= 0.3 is 0 Å². The van der Waals surface area contributed by atoms with Crippen molar-refractivity contribution in [2.45, 2.75) is 103 Å². The first-order chi connectivity index (χ1) is 16.8. The Bertz CT molecular complexity index is 895. The van der Waals surface area contributed by atoms with Crippen molar-refractivity contribution < 1.29 is 38.1 Å². The van der Waals surface area contributed by atoms with Crippen LogP contribution in [0.3, 0.4) is 0 Å². The Morgan fingerprint density at radius 2 is 1.83 bits per heavy atom. The number of carbonyl (C=O) groups excluding carboxylic acids is 2. The Balaban J connectivity index is 0.000000674. The second-order valence-electron chi connectivity index (χ2n) is 11.7. The first-order valence-corrected chi connectivity index (χ1v) is 13.1. The summed E-state index contributed by atoms with van der Waals surface area (Å²) in [6.07, 6.45) is 1.71. The van der Waals surface area contributed by atoms with Gasteiger partial charge in [0.15, 0.2) is 17.2 Å². The zero-order valence-corrected chi connectivity index (χ0v) is 22.4. The van der Waals surface area contributed by atoms with Gasteiger partial charge in [-0.05, 0) is 60.5 Å². The summed E-state index contributed by atoms with van der Waals surface area (Å²) in [6, 6.07) is 0. The number of ether oxygens (including phenoxy) is 2. The molecule has 0 aromatic rings. The number of aliphatic hydroxyl groups excluding tert-OH is 2. The quantitative estimate of drug-likeness (QED) is 0.516. The van der Waals surface area contributed by atoms with Crippen LogP contribution >= 0.6 is 0 Å². The number of Topliss-reactive ketones (excluding diaryl/α,β-unsaturated/α-hetero) is 1. The Labute approximate surface area is 212 Å². The molecule has 206 valence electrons. The summed E-state index contributed by atoms with van der Waals surface area (Å²) in [4.78, 5) is 25.1. The molecule has 1 saturated heterocycles. The molecule has 0 aromatic heterocycles. The van der Waals surface area contributed by atoms with Gasteiger partial charge in [-0.1, -0.05) is 34.1 Å². The topological polar surface area (TPSA) is 119 Å². The Kier molecular flexibility index (Phi) is 8.25. The van der Waals surface area contributed by atoms with Crippen LogP contribution < -0.4 is 5.73 Å². The van der Waals surface area contributed by atoms with Crippen molar-refractivity contribution in [3.63, 3.8) is 0 Å². The highest BCUT2D eigenvalue weighted by molar-refractivity contribution is 5.92. The van der Waals surface area contributed by atoms with E-state index in [9.17, 15) is 24.2 Å². The molecule has 0 radical (unpaired) electrons. The van der Waals surface area contributed by atoms with Gasteiger partial charge in [0.05, 0.1) is 19.4 Å². The van der Waals surface area contributed by atoms with Crippen LogP contribution in [0.2, 0.25) is 0 Å². The van der Waals surface area contributed by atoms with Crippen LogP contribution in [0, 0.1) is 28.6 Å². The maximum absolute atomic E-state index is 15.5. The van der Waals surface area contributed by atoms with Crippen LogP contribution in [-0.4, -0.2) is 65.5 Å². The van der Waals surface area contributed by atoms with Gasteiger partial charge in [0.2, 0.25) is 5.91 Å². The lowest BCUT2D eigenvalue weighted by molar-refractivity contribution is -0.233. The van der Waals surface area contributed by atoms with E-state index in [2.05, 4.69) is 13.8 Å². The number of hydrogen-bond acceptors (Lipinski definition) is 7. The van der Waals surface area contributed by atoms with Gasteiger partial charge in [0.1, 0.15) is 12.8 Å². The van der Waals surface area contributed by atoms with Crippen molar-refractivity contribution in [1.29, 1.82) is 0 Å². The predicted octanol–water partition coefficient (Wildman–Crippen LogP) is 3.40. The number of hydrogen-bond donors (Lipinski definition) is 3. The molecule has 5 rings (SSSR count). The van der Waals surface area contributed by atoms with Crippen molar-refractivity contribution in [2.75, 3.05) is 13.8 Å². The van der Waals surface area contributed by atoms with Crippen LogP contribution in [0.1, 0.15) is 73.1 Å². The first-order valence-electron chi connectivity index (χ1n) is 13.1. The summed E-state index contributed by atoms with van der Waals surface area (Å²) in [7, 11) is 0.500. The summed E-state index contributed by atoms with van der Waals surface area (Å²) in [5.74, 6) is -2.62. The highest BCUT2D eigenvalue weighted by Gasteiger charge is 2.77. The number of alkyl halides is 2. The maximum Gasteiger partial charge on any atom is 0.223 e. The summed E-state index contributed by atoms with van der Waals surface area (Å²) in [5.41, 5.74) is 3.66. The van der Waals surface area contributed by atoms with Gasteiger partial charge in [-0.15, -0.1) is 0 Å². The maximum atomic E-state index is 15.5. The summed E-state index contributed by atoms with van der Waals surface area (Å²) in [6.45, 7) is 8.92. The number of allylic oxidation sites excluding steroid dienone is 1. The van der Waals surface area contributed by atoms with Crippen molar-refractivity contribution in [3.05, 3.63) is 11.6 Å². The van der Waals surface area contributed by atoms with Gasteiger partial charge in [0.25, 0.3) is 0 Å². The summed E-state index contributed by atoms with van der Waals surface area (Å²) < 4.78 is 37.0. The van der Waals surface area contributed by atoms with Crippen LogP contribution in [0.5, 0.6) is 0 Å². The van der Waals surface area contributed by atoms with Crippen LogP contribution in [0.25, 0.3) is 0 Å². The summed E-state index contributed by atoms with van der Waals surface area (Å²) in [5, 5.41) is 21.2. The molecular weight excluding hydrogens is 472 g/mol. The second-order valence-corrected chi connectivity index (χ2v) is 11.7. The van der Waals surface area contributed by atoms with E-state index in [1.807, 2.05) is 13.8 Å². The van der Waals surface area contributed by atoms with Gasteiger partial charge in [-0.2, -0.15) is 0 Å². The first kappa shape index (κ1) is 29.3. The molecule has 5 aliphatic rings. The minimum atomic E-state index is -1.48. The minimum absolute atomic E-state index is 0.0596. The number of ketones is 2. The van der Waals surface area contributed by atoms with Crippen LogP contribution in [0.4, 0.5) is 8.78 Å². The third-order valence-corrected chi connectivity index (χ3v) is 9.33. The SMILES string of the molecule is CCC.CF.C[C@]1(N)O[C@@H]2CC3C4C[C@H](F)C5=CC(=O)CC[C@]5(C)C4C(O)C[C@]3(C)[C@]2(C(=O)CO)O1. The average Bonchev–Trinajstić information content (AvgIpc) is 3.22. The molecule has 4 aliphatic carbocycles. The minimum Gasteiger partial charge on any atom is -0.393 e. The molecule has 4 unspecified atom stereocenters. The fraction of sp³-hybridized carbons (Fsp3) is 0.852. The van der Waals surface area contributed by atoms with Crippen molar-refractivity contribution >= 4 is 11.6 Å². The molecular formula is C27H43F2NO6. The number of fused-ring (bicyclic) bond motifs is 7. The molecule has 7 nitrogen and oxygen atoms in total. The Morgan fingerprint density at radius 3 is 2.42 bits per heavy atom. The van der Waals surface area contributed by atoms with E-state index in [0.29, 0.717) is 32.0 Å². The van der Waals surface area contributed by atoms with Crippen LogP contribution in [-0.2, 0) is 19.1 Å². The Morgan fingerprint density at radius 1 is 1.22 bits per heavy atom. The van der Waals surface area contributed by atoms with Crippen LogP contribution in [0.15, 0.2) is 11.6 Å². The predicted molar refractivity (Wildman–Crippen MR) is 130 cm³/mol. The molecule has 3 saturated carbocycles. The normalized spacial score (nSPS) is 48.6. The van der Waals surface area contributed by atoms with Gasteiger partial charge < -0.3 is 19.7 Å². The zero-order valence-electron chi connectivity index (χ0n) is 22.4. The highest BCUT2D eigenvalue weighted by Crippen LogP contribution is 2.70. The van der Waals surface area contributed by atoms with E-state index in [0.717, 1.165) is 0 Å². The number of nitrogens with two attached hydrogens (primary N) is 1. The third-order valence-electron chi connectivity index (χ3n) is 9.33. The lowest BCUT2D eigenvalue weighted by atomic mass is 9.45. The number of halogens is 2. The Hall–Kier alpha value is -1.26. The van der Waals surface area contributed by atoms with Gasteiger partial charge in [-0.25, -0.2) is 4.39 Å². The third kappa shape index (κ3) is 4.10. The largest absolute Gasteiger partial charge is 0.393 e. The van der Waals surface area contributed by atoms with E-state index < -0.39 is 53.1 Å². The molecule has 4 N–H and O–H groups in total.